The fourth-order valence-corrected chi connectivity index (χ4v) is 6.27. The zero-order chi connectivity index (χ0) is 32.0. The quantitative estimate of drug-likeness (QED) is 0.190. The first-order valence-electron chi connectivity index (χ1n) is 15.4. The number of nitrogens with zero attached hydrogens (tertiary/aromatic N) is 2. The molecule has 1 saturated heterocycles. The number of fused-ring (bicyclic) bond motifs is 1. The fraction of sp³-hybridized carbons (Fsp3) is 0.297. The highest BCUT2D eigenvalue weighted by molar-refractivity contribution is 6.32. The molecule has 0 spiro atoms. The normalized spacial score (nSPS) is 16.0. The van der Waals surface area contributed by atoms with Crippen LogP contribution < -0.4 is 18.9 Å². The number of carbonyl (C=O) groups is 1. The van der Waals surface area contributed by atoms with Crippen LogP contribution in [0.5, 0.6) is 23.0 Å². The summed E-state index contributed by atoms with van der Waals surface area (Å²) in [5.41, 5.74) is 6.34. The number of ether oxygens (including phenoxy) is 4. The van der Waals surface area contributed by atoms with Gasteiger partial charge >= 0.3 is 5.97 Å². The van der Waals surface area contributed by atoms with Crippen molar-refractivity contribution < 1.29 is 28.8 Å². The molecule has 1 N–H and O–H groups in total. The van der Waals surface area contributed by atoms with E-state index in [9.17, 15) is 15.2 Å². The molecular weight excluding hydrogens is 604 g/mol. The number of benzene rings is 4. The number of rotatable bonds is 10. The molecule has 0 radical (unpaired) electrons. The number of carboxylic acids is 1. The molecule has 0 amide bonds. The molecule has 9 heteroatoms. The Bertz CT molecular complexity index is 1780. The number of halogens is 1. The Hall–Kier alpha value is -4.71. The Morgan fingerprint density at radius 3 is 2.59 bits per heavy atom. The van der Waals surface area contributed by atoms with Crippen LogP contribution >= 0.6 is 11.6 Å². The van der Waals surface area contributed by atoms with Crippen molar-refractivity contribution in [2.75, 3.05) is 19.8 Å². The average molecular weight is 639 g/mol. The Morgan fingerprint density at radius 1 is 0.957 bits per heavy atom. The van der Waals surface area contributed by atoms with Gasteiger partial charge in [0.25, 0.3) is 0 Å². The first kappa shape index (κ1) is 31.3. The van der Waals surface area contributed by atoms with E-state index in [1.807, 2.05) is 53.4 Å². The van der Waals surface area contributed by atoms with Crippen molar-refractivity contribution in [3.63, 3.8) is 0 Å². The molecule has 4 aromatic carbocycles. The van der Waals surface area contributed by atoms with Gasteiger partial charge in [0.1, 0.15) is 44.0 Å². The molecule has 46 heavy (non-hydrogen) atoms. The maximum absolute atomic E-state index is 12.0. The standard InChI is InChI=1S/C37H35ClN2O6/c1-24-28(8-5-9-30(24)27-11-12-33-36(18-27)44-15-14-43-33)23-46-35-19-34(45-22-26-7-4-6-25(16-26)20-39)29(17-31(35)38)21-40-13-3-2-10-32(40)37(41)42/h4-9,11-12,16-19,32H,2-3,10,13-15,21-23H2,1H3,(H,41,42)/t32-/m0/s1. The van der Waals surface area contributed by atoms with Crippen molar-refractivity contribution in [2.45, 2.75) is 52.0 Å². The third kappa shape index (κ3) is 7.07. The molecule has 6 rings (SSSR count). The summed E-state index contributed by atoms with van der Waals surface area (Å²) in [6.45, 7) is 4.69. The van der Waals surface area contributed by atoms with E-state index in [2.05, 4.69) is 19.1 Å². The number of hydrogen-bond acceptors (Lipinski definition) is 7. The van der Waals surface area contributed by atoms with E-state index < -0.39 is 12.0 Å². The third-order valence-electron chi connectivity index (χ3n) is 8.52. The van der Waals surface area contributed by atoms with Crippen molar-refractivity contribution in [3.8, 4) is 40.2 Å². The Balaban J connectivity index is 1.25. The average Bonchev–Trinajstić information content (AvgIpc) is 3.08. The van der Waals surface area contributed by atoms with E-state index in [-0.39, 0.29) is 13.2 Å². The van der Waals surface area contributed by atoms with Crippen LogP contribution in [-0.4, -0.2) is 41.8 Å². The van der Waals surface area contributed by atoms with Crippen LogP contribution in [0.25, 0.3) is 11.1 Å². The van der Waals surface area contributed by atoms with E-state index in [4.69, 9.17) is 30.5 Å². The summed E-state index contributed by atoms with van der Waals surface area (Å²) in [7, 11) is 0. The van der Waals surface area contributed by atoms with Crippen molar-refractivity contribution in [1.82, 2.24) is 4.90 Å². The molecule has 2 aliphatic rings. The van der Waals surface area contributed by atoms with Gasteiger partial charge in [-0.1, -0.05) is 54.4 Å². The number of likely N-dealkylation sites (tertiary alicyclic amines) is 1. The van der Waals surface area contributed by atoms with Crippen molar-refractivity contribution in [3.05, 3.63) is 106 Å². The summed E-state index contributed by atoms with van der Waals surface area (Å²) in [5, 5.41) is 19.6. The first-order valence-corrected chi connectivity index (χ1v) is 15.8. The molecule has 2 aliphatic heterocycles. The van der Waals surface area contributed by atoms with Gasteiger partial charge < -0.3 is 24.1 Å². The highest BCUT2D eigenvalue weighted by Crippen LogP contribution is 2.38. The molecule has 0 aromatic heterocycles. The lowest BCUT2D eigenvalue weighted by Crippen LogP contribution is -2.44. The number of piperidine rings is 1. The number of carboxylic acid groups (broad SMARTS) is 1. The van der Waals surface area contributed by atoms with Crippen LogP contribution in [0.2, 0.25) is 5.02 Å². The minimum Gasteiger partial charge on any atom is -0.488 e. The van der Waals surface area contributed by atoms with Gasteiger partial charge in [0, 0.05) is 18.2 Å². The van der Waals surface area contributed by atoms with E-state index in [1.54, 1.807) is 18.2 Å². The number of aliphatic carboxylic acids is 1. The van der Waals surface area contributed by atoms with Gasteiger partial charge in [-0.05, 0) is 84.5 Å². The highest BCUT2D eigenvalue weighted by atomic mass is 35.5. The van der Waals surface area contributed by atoms with Gasteiger partial charge in [0.05, 0.1) is 16.7 Å². The molecular formula is C37H35ClN2O6. The fourth-order valence-electron chi connectivity index (χ4n) is 6.03. The summed E-state index contributed by atoms with van der Waals surface area (Å²) < 4.78 is 24.1. The molecule has 8 nitrogen and oxygen atoms in total. The molecule has 0 saturated carbocycles. The highest BCUT2D eigenvalue weighted by Gasteiger charge is 2.29. The minimum absolute atomic E-state index is 0.225. The second kappa shape index (κ2) is 14.2. The zero-order valence-corrected chi connectivity index (χ0v) is 26.4. The van der Waals surface area contributed by atoms with E-state index in [1.165, 1.54) is 0 Å². The van der Waals surface area contributed by atoms with Crippen molar-refractivity contribution >= 4 is 17.6 Å². The molecule has 1 atom stereocenters. The molecule has 236 valence electrons. The predicted octanol–water partition coefficient (Wildman–Crippen LogP) is 7.56. The SMILES string of the molecule is Cc1c(COc2cc(OCc3cccc(C#N)c3)c(CN3CCCC[C@H]3C(=O)O)cc2Cl)cccc1-c1ccc2c(c1)OCCO2. The van der Waals surface area contributed by atoms with Crippen LogP contribution in [0.15, 0.2) is 72.8 Å². The predicted molar refractivity (Wildman–Crippen MR) is 175 cm³/mol. The summed E-state index contributed by atoms with van der Waals surface area (Å²) in [4.78, 5) is 14.0. The van der Waals surface area contributed by atoms with Crippen LogP contribution in [0.3, 0.4) is 0 Å². The van der Waals surface area contributed by atoms with Crippen LogP contribution in [0.4, 0.5) is 0 Å². The smallest absolute Gasteiger partial charge is 0.320 e. The van der Waals surface area contributed by atoms with E-state index in [0.29, 0.717) is 54.8 Å². The summed E-state index contributed by atoms with van der Waals surface area (Å²) in [6, 6.07) is 24.5. The summed E-state index contributed by atoms with van der Waals surface area (Å²) in [6.07, 6.45) is 2.42. The van der Waals surface area contributed by atoms with Crippen LogP contribution in [-0.2, 0) is 24.6 Å². The van der Waals surface area contributed by atoms with Gasteiger partial charge in [-0.3, -0.25) is 9.69 Å². The molecule has 0 aliphatic carbocycles. The molecule has 2 heterocycles. The maximum atomic E-state index is 12.0. The minimum atomic E-state index is -0.824. The largest absolute Gasteiger partial charge is 0.488 e. The second-order valence-corrected chi connectivity index (χ2v) is 12.0. The monoisotopic (exact) mass is 638 g/mol. The zero-order valence-electron chi connectivity index (χ0n) is 25.6. The maximum Gasteiger partial charge on any atom is 0.320 e. The summed E-state index contributed by atoms with van der Waals surface area (Å²) in [5.74, 6) is 1.68. The third-order valence-corrected chi connectivity index (χ3v) is 8.82. The second-order valence-electron chi connectivity index (χ2n) is 11.5. The van der Waals surface area contributed by atoms with Gasteiger partial charge in [-0.25, -0.2) is 0 Å². The molecule has 1 fully saturated rings. The molecule has 4 aromatic rings. The van der Waals surface area contributed by atoms with Gasteiger partial charge in [-0.15, -0.1) is 0 Å². The topological polar surface area (TPSA) is 101 Å². The van der Waals surface area contributed by atoms with E-state index in [0.717, 1.165) is 57.7 Å². The Kier molecular flexibility index (Phi) is 9.62. The van der Waals surface area contributed by atoms with Gasteiger partial charge in [0.2, 0.25) is 0 Å². The van der Waals surface area contributed by atoms with E-state index >= 15 is 0 Å². The lowest BCUT2D eigenvalue weighted by atomic mass is 9.96. The van der Waals surface area contributed by atoms with Gasteiger partial charge in [-0.2, -0.15) is 5.26 Å². The lowest BCUT2D eigenvalue weighted by molar-refractivity contribution is -0.144. The number of hydrogen-bond donors (Lipinski definition) is 1. The molecule has 0 unspecified atom stereocenters. The van der Waals surface area contributed by atoms with Crippen molar-refractivity contribution in [2.24, 2.45) is 0 Å². The summed E-state index contributed by atoms with van der Waals surface area (Å²) >= 11 is 6.80. The lowest BCUT2D eigenvalue weighted by Gasteiger charge is -2.33. The van der Waals surface area contributed by atoms with Crippen molar-refractivity contribution in [1.29, 1.82) is 5.26 Å². The molecule has 0 bridgehead atoms. The van der Waals surface area contributed by atoms with Gasteiger partial charge in [0.15, 0.2) is 11.5 Å². The van der Waals surface area contributed by atoms with Crippen LogP contribution in [0.1, 0.15) is 47.1 Å². The Morgan fingerprint density at radius 2 is 1.76 bits per heavy atom. The number of nitriles is 1. The Labute approximate surface area is 273 Å². The first-order chi connectivity index (χ1) is 22.4. The van der Waals surface area contributed by atoms with Crippen LogP contribution in [0, 0.1) is 18.3 Å².